The maximum Gasteiger partial charge on any atom is 0.259 e. The Balaban J connectivity index is 2.14. The van der Waals surface area contributed by atoms with Gasteiger partial charge in [0.05, 0.1) is 5.25 Å². The van der Waals surface area contributed by atoms with Gasteiger partial charge in [0.15, 0.2) is 0 Å². The molecule has 0 aliphatic heterocycles. The quantitative estimate of drug-likeness (QED) is 0.836. The average molecular weight is 347 g/mol. The molecule has 0 saturated heterocycles. The third kappa shape index (κ3) is 3.69. The Hall–Kier alpha value is -1.25. The van der Waals surface area contributed by atoms with Crippen LogP contribution in [0.3, 0.4) is 0 Å². The third-order valence-corrected chi connectivity index (χ3v) is 5.80. The highest BCUT2D eigenvalue weighted by Crippen LogP contribution is 2.22. The van der Waals surface area contributed by atoms with Crippen molar-refractivity contribution in [3.63, 3.8) is 0 Å². The molecule has 0 unspecified atom stereocenters. The van der Waals surface area contributed by atoms with Crippen molar-refractivity contribution < 1.29 is 8.42 Å². The minimum Gasteiger partial charge on any atom is -0.367 e. The molecule has 0 radical (unpaired) electrons. The smallest absolute Gasteiger partial charge is 0.259 e. The monoisotopic (exact) mass is 346 g/mol. The summed E-state index contributed by atoms with van der Waals surface area (Å²) >= 11 is 7.13. The number of nitrogens with zero attached hydrogens (tertiary/aromatic N) is 3. The van der Waals surface area contributed by atoms with Crippen LogP contribution in [0.15, 0.2) is 29.4 Å². The van der Waals surface area contributed by atoms with Crippen LogP contribution in [0.4, 0.5) is 5.95 Å². The van der Waals surface area contributed by atoms with Gasteiger partial charge in [0.1, 0.15) is 0 Å². The molecule has 2 aromatic rings. The van der Waals surface area contributed by atoms with Crippen LogP contribution >= 0.6 is 23.4 Å². The molecule has 0 saturated carbocycles. The van der Waals surface area contributed by atoms with Gasteiger partial charge < -0.3 is 5.73 Å². The minimum absolute atomic E-state index is 0.123. The van der Waals surface area contributed by atoms with Gasteiger partial charge in [-0.25, -0.2) is 8.42 Å². The SMILES string of the molecule is CC(C)S(=O)(=O)n1nc(SCc2ccc(Cl)cc2)nc1N. The summed E-state index contributed by atoms with van der Waals surface area (Å²) in [4.78, 5) is 3.98. The summed E-state index contributed by atoms with van der Waals surface area (Å²) in [6.45, 7) is 3.13. The molecule has 0 fully saturated rings. The summed E-state index contributed by atoms with van der Waals surface area (Å²) in [5, 5.41) is 4.34. The van der Waals surface area contributed by atoms with E-state index in [1.165, 1.54) is 11.8 Å². The molecule has 0 spiro atoms. The third-order valence-electron chi connectivity index (χ3n) is 2.70. The van der Waals surface area contributed by atoms with E-state index in [2.05, 4.69) is 10.1 Å². The van der Waals surface area contributed by atoms with Gasteiger partial charge in [0, 0.05) is 10.8 Å². The van der Waals surface area contributed by atoms with Crippen molar-refractivity contribution in [2.75, 3.05) is 5.73 Å². The molecule has 2 rings (SSSR count). The van der Waals surface area contributed by atoms with Crippen LogP contribution in [-0.2, 0) is 15.8 Å². The van der Waals surface area contributed by atoms with Gasteiger partial charge in [-0.3, -0.25) is 0 Å². The number of hydrogen-bond acceptors (Lipinski definition) is 6. The van der Waals surface area contributed by atoms with Crippen LogP contribution in [0.5, 0.6) is 0 Å². The summed E-state index contributed by atoms with van der Waals surface area (Å²) in [6, 6.07) is 7.36. The second kappa shape index (κ2) is 6.25. The molecule has 0 bridgehead atoms. The second-order valence-corrected chi connectivity index (χ2v) is 8.30. The fourth-order valence-electron chi connectivity index (χ4n) is 1.47. The summed E-state index contributed by atoms with van der Waals surface area (Å²) in [5.74, 6) is 0.477. The lowest BCUT2D eigenvalue weighted by Crippen LogP contribution is -2.25. The Labute approximate surface area is 132 Å². The highest BCUT2D eigenvalue weighted by molar-refractivity contribution is 7.98. The Morgan fingerprint density at radius 1 is 1.33 bits per heavy atom. The van der Waals surface area contributed by atoms with E-state index < -0.39 is 15.3 Å². The van der Waals surface area contributed by atoms with E-state index in [1.807, 2.05) is 12.1 Å². The standard InChI is InChI=1S/C12H15ClN4O2S2/c1-8(2)21(18,19)17-11(14)15-12(16-17)20-7-9-3-5-10(13)6-4-9/h3-6,8H,7H2,1-2H3,(H2,14,15,16). The van der Waals surface area contributed by atoms with Crippen molar-refractivity contribution in [2.45, 2.75) is 30.0 Å². The molecule has 1 heterocycles. The zero-order valence-electron chi connectivity index (χ0n) is 11.5. The Morgan fingerprint density at radius 2 is 1.95 bits per heavy atom. The van der Waals surface area contributed by atoms with E-state index in [-0.39, 0.29) is 5.95 Å². The molecule has 0 aliphatic carbocycles. The molecule has 0 aliphatic rings. The predicted molar refractivity (Wildman–Crippen MR) is 84.9 cm³/mol. The number of benzene rings is 1. The molecule has 1 aromatic heterocycles. The Morgan fingerprint density at radius 3 is 2.52 bits per heavy atom. The van der Waals surface area contributed by atoms with Crippen molar-refractivity contribution in [3.05, 3.63) is 34.9 Å². The average Bonchev–Trinajstić information content (AvgIpc) is 2.80. The van der Waals surface area contributed by atoms with Crippen LogP contribution < -0.4 is 5.73 Å². The van der Waals surface area contributed by atoms with Gasteiger partial charge in [-0.15, -0.1) is 9.19 Å². The fraction of sp³-hybridized carbons (Fsp3) is 0.333. The summed E-state index contributed by atoms with van der Waals surface area (Å²) in [6.07, 6.45) is 0. The topological polar surface area (TPSA) is 90.9 Å². The first-order valence-electron chi connectivity index (χ1n) is 6.15. The van der Waals surface area contributed by atoms with Crippen LogP contribution in [0.2, 0.25) is 5.02 Å². The number of halogens is 1. The van der Waals surface area contributed by atoms with Gasteiger partial charge in [0.2, 0.25) is 11.1 Å². The van der Waals surface area contributed by atoms with Crippen molar-refractivity contribution in [1.29, 1.82) is 0 Å². The number of aromatic nitrogens is 3. The van der Waals surface area contributed by atoms with Gasteiger partial charge in [-0.1, -0.05) is 35.5 Å². The molecule has 2 N–H and O–H groups in total. The first-order chi connectivity index (χ1) is 9.80. The molecule has 21 heavy (non-hydrogen) atoms. The Bertz CT molecular complexity index is 726. The van der Waals surface area contributed by atoms with Crippen molar-refractivity contribution in [2.24, 2.45) is 0 Å². The van der Waals surface area contributed by atoms with Crippen molar-refractivity contribution in [3.8, 4) is 0 Å². The van der Waals surface area contributed by atoms with Gasteiger partial charge >= 0.3 is 0 Å². The van der Waals surface area contributed by atoms with Crippen molar-refractivity contribution >= 4 is 39.3 Å². The fourth-order valence-corrected chi connectivity index (χ4v) is 3.32. The van der Waals surface area contributed by atoms with Crippen LogP contribution in [0.1, 0.15) is 19.4 Å². The molecule has 9 heteroatoms. The lowest BCUT2D eigenvalue weighted by atomic mass is 10.2. The molecule has 6 nitrogen and oxygen atoms in total. The van der Waals surface area contributed by atoms with E-state index in [9.17, 15) is 8.42 Å². The Kier molecular flexibility index (Phi) is 4.80. The van der Waals surface area contributed by atoms with Gasteiger partial charge in [-0.05, 0) is 31.5 Å². The first-order valence-corrected chi connectivity index (χ1v) is 9.01. The van der Waals surface area contributed by atoms with E-state index in [4.69, 9.17) is 17.3 Å². The van der Waals surface area contributed by atoms with Gasteiger partial charge in [-0.2, -0.15) is 4.98 Å². The van der Waals surface area contributed by atoms with Crippen LogP contribution in [-0.4, -0.2) is 27.8 Å². The lowest BCUT2D eigenvalue weighted by molar-refractivity contribution is 0.570. The summed E-state index contributed by atoms with van der Waals surface area (Å²) < 4.78 is 24.9. The highest BCUT2D eigenvalue weighted by Gasteiger charge is 2.23. The summed E-state index contributed by atoms with van der Waals surface area (Å²) in [5.41, 5.74) is 6.67. The lowest BCUT2D eigenvalue weighted by Gasteiger charge is -2.07. The maximum atomic E-state index is 12.0. The molecular weight excluding hydrogens is 332 g/mol. The maximum absolute atomic E-state index is 12.0. The van der Waals surface area contributed by atoms with Crippen molar-refractivity contribution in [1.82, 2.24) is 14.2 Å². The van der Waals surface area contributed by atoms with E-state index >= 15 is 0 Å². The van der Waals surface area contributed by atoms with Crippen LogP contribution in [0, 0.1) is 0 Å². The molecular formula is C12H15ClN4O2S2. The van der Waals surface area contributed by atoms with Gasteiger partial charge in [0.25, 0.3) is 10.0 Å². The summed E-state index contributed by atoms with van der Waals surface area (Å²) in [7, 11) is -3.59. The number of nitrogen functional groups attached to an aromatic ring is 1. The van der Waals surface area contributed by atoms with E-state index in [0.717, 1.165) is 9.65 Å². The predicted octanol–water partition coefficient (Wildman–Crippen LogP) is 2.39. The number of thioether (sulfide) groups is 1. The minimum atomic E-state index is -3.59. The number of rotatable bonds is 5. The van der Waals surface area contributed by atoms with Crippen LogP contribution in [0.25, 0.3) is 0 Å². The second-order valence-electron chi connectivity index (χ2n) is 4.60. The zero-order valence-corrected chi connectivity index (χ0v) is 13.9. The molecule has 0 amide bonds. The van der Waals surface area contributed by atoms with E-state index in [1.54, 1.807) is 26.0 Å². The number of anilines is 1. The van der Waals surface area contributed by atoms with E-state index in [0.29, 0.717) is 15.9 Å². The zero-order chi connectivity index (χ0) is 15.6. The number of nitrogens with two attached hydrogens (primary N) is 1. The molecule has 1 aromatic carbocycles. The largest absolute Gasteiger partial charge is 0.367 e. The number of hydrogen-bond donors (Lipinski definition) is 1. The normalized spacial score (nSPS) is 12.0. The molecule has 114 valence electrons. The first kappa shape index (κ1) is 16.1. The highest BCUT2D eigenvalue weighted by atomic mass is 35.5. The molecule has 0 atom stereocenters.